The van der Waals surface area contributed by atoms with Crippen molar-refractivity contribution >= 4 is 10.3 Å². The molecule has 0 atom stereocenters. The summed E-state index contributed by atoms with van der Waals surface area (Å²) in [4.78, 5) is 0. The monoisotopic (exact) mass is 177 g/mol. The Kier molecular flexibility index (Phi) is 1.88. The molecule has 60 valence electrons. The van der Waals surface area contributed by atoms with Crippen molar-refractivity contribution in [2.45, 2.75) is 0 Å². The van der Waals surface area contributed by atoms with Crippen molar-refractivity contribution in [3.8, 4) is 0 Å². The fourth-order valence-electron chi connectivity index (χ4n) is 0.544. The van der Waals surface area contributed by atoms with Crippen molar-refractivity contribution in [1.29, 1.82) is 0 Å². The Labute approximate surface area is 62.8 Å². The van der Waals surface area contributed by atoms with E-state index in [2.05, 4.69) is 0 Å². The van der Waals surface area contributed by atoms with Crippen LogP contribution in [0.2, 0.25) is 0 Å². The van der Waals surface area contributed by atoms with Crippen LogP contribution in [0.1, 0.15) is 0 Å². The molecule has 0 aliphatic carbocycles. The van der Waals surface area contributed by atoms with Crippen molar-refractivity contribution in [3.63, 3.8) is 0 Å². The van der Waals surface area contributed by atoms with Gasteiger partial charge in [0, 0.05) is 12.1 Å². The van der Waals surface area contributed by atoms with Gasteiger partial charge >= 0.3 is 10.3 Å². The highest BCUT2D eigenvalue weighted by Crippen LogP contribution is 1.89. The van der Waals surface area contributed by atoms with E-state index in [4.69, 9.17) is 0 Å². The molecular weight excluding hydrogens is 173 g/mol. The first-order valence-corrected chi connectivity index (χ1v) is 4.00. The molecule has 0 unspecified atom stereocenters. The Balaban J connectivity index is 3.20. The molecular formula is C5H4FNO3S. The summed E-state index contributed by atoms with van der Waals surface area (Å²) in [6.45, 7) is 0. The maximum Gasteiger partial charge on any atom is 0.329 e. The molecule has 0 amide bonds. The third kappa shape index (κ3) is 1.95. The van der Waals surface area contributed by atoms with Crippen LogP contribution >= 0.6 is 0 Å². The third-order valence-corrected chi connectivity index (χ3v) is 1.78. The molecule has 0 aliphatic heterocycles. The molecule has 11 heavy (non-hydrogen) atoms. The topological polar surface area (TPSA) is 61.1 Å². The van der Waals surface area contributed by atoms with E-state index in [-0.39, 0.29) is 0 Å². The number of pyridine rings is 1. The molecule has 0 radical (unpaired) electrons. The van der Waals surface area contributed by atoms with Crippen molar-refractivity contribution in [1.82, 2.24) is 0 Å². The second-order valence-electron chi connectivity index (χ2n) is 1.80. The lowest BCUT2D eigenvalue weighted by Crippen LogP contribution is -2.41. The molecule has 1 aromatic heterocycles. The second-order valence-corrected chi connectivity index (χ2v) is 3.08. The minimum absolute atomic E-state index is 0.385. The van der Waals surface area contributed by atoms with Crippen molar-refractivity contribution in [2.75, 3.05) is 0 Å². The van der Waals surface area contributed by atoms with Crippen LogP contribution < -0.4 is 3.97 Å². The highest BCUT2D eigenvalue weighted by Gasteiger charge is 2.06. The van der Waals surface area contributed by atoms with E-state index in [1.54, 1.807) is 0 Å². The standard InChI is InChI=1S/C5H4FNO3S/c6-5-1-3-7(4-2-5)11(8,9)10/h1-4H. The molecule has 0 N–H and O–H groups in total. The zero-order valence-corrected chi connectivity index (χ0v) is 6.08. The van der Waals surface area contributed by atoms with Crippen LogP contribution in [-0.2, 0) is 10.3 Å². The maximum atomic E-state index is 12.2. The lowest BCUT2D eigenvalue weighted by molar-refractivity contribution is -0.520. The number of halogens is 1. The van der Waals surface area contributed by atoms with Crippen LogP contribution in [0.25, 0.3) is 0 Å². The summed E-state index contributed by atoms with van der Waals surface area (Å²) in [7, 11) is -4.52. The van der Waals surface area contributed by atoms with Crippen LogP contribution in [0, 0.1) is 5.82 Å². The smallest absolute Gasteiger partial charge is 0.329 e. The van der Waals surface area contributed by atoms with Gasteiger partial charge in [0.1, 0.15) is 5.82 Å². The zero-order valence-electron chi connectivity index (χ0n) is 5.27. The molecule has 4 nitrogen and oxygen atoms in total. The summed E-state index contributed by atoms with van der Waals surface area (Å²) in [5.74, 6) is -0.593. The Morgan fingerprint density at radius 3 is 2.18 bits per heavy atom. The van der Waals surface area contributed by atoms with Gasteiger partial charge in [-0.25, -0.2) is 4.39 Å². The van der Waals surface area contributed by atoms with E-state index < -0.39 is 16.1 Å². The number of hydrogen-bond donors (Lipinski definition) is 0. The largest absolute Gasteiger partial charge is 0.693 e. The molecule has 0 aliphatic rings. The summed E-state index contributed by atoms with van der Waals surface area (Å²) in [5, 5.41) is 0. The first kappa shape index (κ1) is 8.09. The van der Waals surface area contributed by atoms with Crippen LogP contribution in [0.4, 0.5) is 4.39 Å². The number of hydrogen-bond acceptors (Lipinski definition) is 3. The fourth-order valence-corrected chi connectivity index (χ4v) is 0.964. The van der Waals surface area contributed by atoms with Gasteiger partial charge in [-0.15, -0.1) is 3.97 Å². The maximum absolute atomic E-state index is 12.2. The minimum atomic E-state index is -4.52. The summed E-state index contributed by atoms with van der Waals surface area (Å²) in [5.41, 5.74) is 0. The normalized spacial score (nSPS) is 11.5. The second kappa shape index (κ2) is 2.55. The summed E-state index contributed by atoms with van der Waals surface area (Å²) in [6.07, 6.45) is 1.69. The average Bonchev–Trinajstić information content (AvgIpc) is 1.86. The molecule has 6 heteroatoms. The van der Waals surface area contributed by atoms with E-state index >= 15 is 0 Å². The fraction of sp³-hybridized carbons (Fsp3) is 0. The molecule has 1 aromatic rings. The highest BCUT2D eigenvalue weighted by atomic mass is 32.2. The van der Waals surface area contributed by atoms with Crippen molar-refractivity contribution in [2.24, 2.45) is 0 Å². The molecule has 1 rings (SSSR count). The molecule has 0 saturated heterocycles. The van der Waals surface area contributed by atoms with Gasteiger partial charge in [0.2, 0.25) is 0 Å². The molecule has 0 aromatic carbocycles. The van der Waals surface area contributed by atoms with Gasteiger partial charge in [0.25, 0.3) is 0 Å². The SMILES string of the molecule is O=S(=O)([O-])[n+]1ccc(F)cc1. The van der Waals surface area contributed by atoms with Gasteiger partial charge in [0.05, 0.1) is 0 Å². The molecule has 0 fully saturated rings. The lowest BCUT2D eigenvalue weighted by Gasteiger charge is -1.97. The predicted molar refractivity (Wildman–Crippen MR) is 31.7 cm³/mol. The minimum Gasteiger partial charge on any atom is -0.693 e. The Morgan fingerprint density at radius 2 is 1.82 bits per heavy atom. The van der Waals surface area contributed by atoms with Gasteiger partial charge in [0.15, 0.2) is 12.4 Å². The summed E-state index contributed by atoms with van der Waals surface area (Å²) < 4.78 is 43.2. The van der Waals surface area contributed by atoms with Gasteiger partial charge in [-0.1, -0.05) is 0 Å². The Bertz CT molecular complexity index is 344. The van der Waals surface area contributed by atoms with E-state index in [1.807, 2.05) is 0 Å². The Hall–Kier alpha value is -1.01. The van der Waals surface area contributed by atoms with Crippen molar-refractivity contribution in [3.05, 3.63) is 30.3 Å². The first-order chi connectivity index (χ1) is 5.00. The van der Waals surface area contributed by atoms with Gasteiger partial charge in [-0.05, 0) is 0 Å². The van der Waals surface area contributed by atoms with E-state index in [9.17, 15) is 17.4 Å². The van der Waals surface area contributed by atoms with E-state index in [0.29, 0.717) is 3.97 Å². The predicted octanol–water partition coefficient (Wildman–Crippen LogP) is -0.579. The Morgan fingerprint density at radius 1 is 1.36 bits per heavy atom. The van der Waals surface area contributed by atoms with E-state index in [1.165, 1.54) is 0 Å². The van der Waals surface area contributed by atoms with Gasteiger partial charge < -0.3 is 4.55 Å². The van der Waals surface area contributed by atoms with Gasteiger partial charge in [-0.2, -0.15) is 8.42 Å². The number of aromatic nitrogens is 1. The van der Waals surface area contributed by atoms with Crippen molar-refractivity contribution < 1.29 is 21.3 Å². The van der Waals surface area contributed by atoms with Crippen LogP contribution in [0.15, 0.2) is 24.5 Å². The summed E-state index contributed by atoms with van der Waals surface area (Å²) in [6, 6.07) is 1.77. The quantitative estimate of drug-likeness (QED) is 0.426. The summed E-state index contributed by atoms with van der Waals surface area (Å²) >= 11 is 0. The lowest BCUT2D eigenvalue weighted by atomic mass is 10.5. The van der Waals surface area contributed by atoms with Crippen LogP contribution in [-0.4, -0.2) is 13.0 Å². The van der Waals surface area contributed by atoms with Crippen LogP contribution in [0.3, 0.4) is 0 Å². The van der Waals surface area contributed by atoms with Crippen LogP contribution in [0.5, 0.6) is 0 Å². The third-order valence-electron chi connectivity index (χ3n) is 1.02. The number of nitrogens with zero attached hydrogens (tertiary/aromatic N) is 1. The van der Waals surface area contributed by atoms with E-state index in [0.717, 1.165) is 24.5 Å². The zero-order chi connectivity index (χ0) is 8.48. The molecule has 0 bridgehead atoms. The molecule has 0 spiro atoms. The number of rotatable bonds is 1. The highest BCUT2D eigenvalue weighted by molar-refractivity contribution is 7.78. The first-order valence-electron chi connectivity index (χ1n) is 2.63. The van der Waals surface area contributed by atoms with Gasteiger partial charge in [-0.3, -0.25) is 0 Å². The molecule has 1 heterocycles. The average molecular weight is 177 g/mol. The molecule has 0 saturated carbocycles.